The number of nitrogens with zero attached hydrogens (tertiary/aromatic N) is 2. The Hall–Kier alpha value is -2.00. The summed E-state index contributed by atoms with van der Waals surface area (Å²) in [7, 11) is -3.41. The molecule has 2 aromatic heterocycles. The van der Waals surface area contributed by atoms with Crippen LogP contribution in [0.15, 0.2) is 46.0 Å². The molecule has 0 saturated carbocycles. The predicted octanol–water partition coefficient (Wildman–Crippen LogP) is 2.73. The van der Waals surface area contributed by atoms with Gasteiger partial charge in [0.25, 0.3) is 10.0 Å². The van der Waals surface area contributed by atoms with Crippen molar-refractivity contribution in [3.05, 3.63) is 53.0 Å². The highest BCUT2D eigenvalue weighted by Crippen LogP contribution is 2.24. The number of benzene rings is 1. The van der Waals surface area contributed by atoms with Crippen molar-refractivity contribution in [1.82, 2.24) is 14.2 Å². The molecular weight excluding hydrogens is 382 g/mol. The van der Waals surface area contributed by atoms with Gasteiger partial charge in [0.15, 0.2) is 5.78 Å². The Morgan fingerprint density at radius 2 is 1.85 bits per heavy atom. The average Bonchev–Trinajstić information content (AvgIpc) is 3.29. The number of thiophene rings is 1. The summed E-state index contributed by atoms with van der Waals surface area (Å²) in [6.45, 7) is 4.13. The molecule has 0 radical (unpaired) electrons. The monoisotopic (exact) mass is 403 g/mol. The van der Waals surface area contributed by atoms with Crippen molar-refractivity contribution in [2.24, 2.45) is 0 Å². The van der Waals surface area contributed by atoms with Gasteiger partial charge in [-0.3, -0.25) is 9.69 Å². The fourth-order valence-corrected chi connectivity index (χ4v) is 6.15. The van der Waals surface area contributed by atoms with Crippen LogP contribution in [0.2, 0.25) is 0 Å². The highest BCUT2D eigenvalue weighted by molar-refractivity contribution is 7.91. The van der Waals surface area contributed by atoms with Crippen LogP contribution in [0.25, 0.3) is 10.9 Å². The van der Waals surface area contributed by atoms with Crippen LogP contribution in [-0.4, -0.2) is 61.1 Å². The molecule has 142 valence electrons. The van der Waals surface area contributed by atoms with E-state index >= 15 is 0 Å². The van der Waals surface area contributed by atoms with Crippen LogP contribution in [0, 0.1) is 6.92 Å². The first kappa shape index (κ1) is 18.4. The molecule has 8 heteroatoms. The van der Waals surface area contributed by atoms with Crippen molar-refractivity contribution in [3.8, 4) is 0 Å². The number of para-hydroxylation sites is 1. The molecule has 0 unspecified atom stereocenters. The number of carbonyl (C=O) groups excluding carboxylic acids is 1. The van der Waals surface area contributed by atoms with Crippen LogP contribution >= 0.6 is 11.3 Å². The van der Waals surface area contributed by atoms with Crippen LogP contribution in [0.3, 0.4) is 0 Å². The van der Waals surface area contributed by atoms with Crippen molar-refractivity contribution in [1.29, 1.82) is 0 Å². The maximum atomic E-state index is 12.9. The number of nitrogens with one attached hydrogen (secondary N) is 1. The fourth-order valence-electron chi connectivity index (χ4n) is 3.58. The van der Waals surface area contributed by atoms with Crippen LogP contribution in [-0.2, 0) is 10.0 Å². The third-order valence-corrected chi connectivity index (χ3v) is 8.23. The highest BCUT2D eigenvalue weighted by Gasteiger charge is 2.30. The zero-order valence-electron chi connectivity index (χ0n) is 15.0. The number of aromatic amines is 1. The minimum atomic E-state index is -3.41. The molecule has 1 N–H and O–H groups in total. The van der Waals surface area contributed by atoms with Gasteiger partial charge in [-0.1, -0.05) is 24.3 Å². The van der Waals surface area contributed by atoms with E-state index in [0.717, 1.165) is 22.2 Å². The van der Waals surface area contributed by atoms with Crippen molar-refractivity contribution < 1.29 is 13.2 Å². The molecule has 3 heterocycles. The Labute approximate surface area is 162 Å². The Bertz CT molecular complexity index is 1060. The molecule has 1 saturated heterocycles. The molecule has 0 amide bonds. The standard InChI is InChI=1S/C19H21N3O3S2/c1-14-19(15-5-2-3-6-16(15)20-14)17(23)13-21-8-10-22(11-9-21)27(24,25)18-7-4-12-26-18/h2-7,12,20H,8-11,13H2,1H3. The molecule has 1 aromatic carbocycles. The molecule has 0 aliphatic carbocycles. The second kappa shape index (κ2) is 7.20. The number of aryl methyl sites for hydroxylation is 1. The van der Waals surface area contributed by atoms with E-state index in [1.165, 1.54) is 15.6 Å². The summed E-state index contributed by atoms with van der Waals surface area (Å²) in [5, 5.41) is 2.71. The van der Waals surface area contributed by atoms with E-state index in [1.54, 1.807) is 17.5 Å². The smallest absolute Gasteiger partial charge is 0.252 e. The van der Waals surface area contributed by atoms with Crippen LogP contribution < -0.4 is 0 Å². The lowest BCUT2D eigenvalue weighted by molar-refractivity contribution is 0.0903. The molecule has 6 nitrogen and oxygen atoms in total. The van der Waals surface area contributed by atoms with E-state index in [1.807, 2.05) is 36.1 Å². The second-order valence-electron chi connectivity index (χ2n) is 6.71. The normalized spacial score (nSPS) is 16.8. The molecule has 0 bridgehead atoms. The zero-order valence-corrected chi connectivity index (χ0v) is 16.6. The minimum Gasteiger partial charge on any atom is -0.358 e. The maximum Gasteiger partial charge on any atom is 0.252 e. The van der Waals surface area contributed by atoms with Gasteiger partial charge in [-0.2, -0.15) is 4.31 Å². The summed E-state index contributed by atoms with van der Waals surface area (Å²) in [6.07, 6.45) is 0. The molecular formula is C19H21N3O3S2. The molecule has 27 heavy (non-hydrogen) atoms. The van der Waals surface area contributed by atoms with E-state index < -0.39 is 10.0 Å². The van der Waals surface area contributed by atoms with Gasteiger partial charge in [-0.15, -0.1) is 11.3 Å². The van der Waals surface area contributed by atoms with Gasteiger partial charge < -0.3 is 4.98 Å². The molecule has 1 aliphatic heterocycles. The number of H-pyrrole nitrogens is 1. The van der Waals surface area contributed by atoms with Crippen LogP contribution in [0.1, 0.15) is 16.1 Å². The first-order valence-corrected chi connectivity index (χ1v) is 11.2. The number of hydrogen-bond donors (Lipinski definition) is 1. The molecule has 3 aromatic rings. The third-order valence-electron chi connectivity index (χ3n) is 4.96. The topological polar surface area (TPSA) is 73.5 Å². The number of aromatic nitrogens is 1. The van der Waals surface area contributed by atoms with E-state index in [0.29, 0.717) is 36.9 Å². The summed E-state index contributed by atoms with van der Waals surface area (Å²) in [5.41, 5.74) is 2.57. The number of hydrogen-bond acceptors (Lipinski definition) is 5. The summed E-state index contributed by atoms with van der Waals surface area (Å²) >= 11 is 1.24. The summed E-state index contributed by atoms with van der Waals surface area (Å²) in [5.74, 6) is 0.0690. The average molecular weight is 404 g/mol. The maximum absolute atomic E-state index is 12.9. The Balaban J connectivity index is 1.43. The SMILES string of the molecule is Cc1[nH]c2ccccc2c1C(=O)CN1CCN(S(=O)(=O)c2cccs2)CC1. The van der Waals surface area contributed by atoms with Crippen molar-refractivity contribution in [3.63, 3.8) is 0 Å². The summed E-state index contributed by atoms with van der Waals surface area (Å²) in [6, 6.07) is 11.2. The molecule has 1 fully saturated rings. The van der Waals surface area contributed by atoms with E-state index in [2.05, 4.69) is 4.98 Å². The fraction of sp³-hybridized carbons (Fsp3) is 0.316. The molecule has 1 aliphatic rings. The Kier molecular flexibility index (Phi) is 4.90. The van der Waals surface area contributed by atoms with Crippen molar-refractivity contribution in [2.45, 2.75) is 11.1 Å². The van der Waals surface area contributed by atoms with Gasteiger partial charge in [-0.25, -0.2) is 8.42 Å². The lowest BCUT2D eigenvalue weighted by atomic mass is 10.1. The highest BCUT2D eigenvalue weighted by atomic mass is 32.2. The summed E-state index contributed by atoms with van der Waals surface area (Å²) in [4.78, 5) is 18.2. The second-order valence-corrected chi connectivity index (χ2v) is 9.82. The number of rotatable bonds is 5. The summed E-state index contributed by atoms with van der Waals surface area (Å²) < 4.78 is 27.1. The van der Waals surface area contributed by atoms with Gasteiger partial charge in [0, 0.05) is 48.3 Å². The van der Waals surface area contributed by atoms with E-state index in [-0.39, 0.29) is 5.78 Å². The Morgan fingerprint density at radius 3 is 2.56 bits per heavy atom. The lowest BCUT2D eigenvalue weighted by Gasteiger charge is -2.33. The number of ketones is 1. The van der Waals surface area contributed by atoms with Crippen molar-refractivity contribution >= 4 is 38.0 Å². The molecule has 0 atom stereocenters. The van der Waals surface area contributed by atoms with Gasteiger partial charge in [-0.05, 0) is 24.4 Å². The number of Topliss-reactive ketones (excluding diaryl/α,β-unsaturated/α-hetero) is 1. The number of piperazine rings is 1. The number of fused-ring (bicyclic) bond motifs is 1. The number of carbonyl (C=O) groups is 1. The van der Waals surface area contributed by atoms with Crippen LogP contribution in [0.4, 0.5) is 0 Å². The zero-order chi connectivity index (χ0) is 19.0. The quantitative estimate of drug-likeness (QED) is 0.665. The van der Waals surface area contributed by atoms with Crippen molar-refractivity contribution in [2.75, 3.05) is 32.7 Å². The lowest BCUT2D eigenvalue weighted by Crippen LogP contribution is -2.49. The van der Waals surface area contributed by atoms with Gasteiger partial charge in [0.05, 0.1) is 6.54 Å². The van der Waals surface area contributed by atoms with E-state index in [4.69, 9.17) is 0 Å². The Morgan fingerprint density at radius 1 is 1.11 bits per heavy atom. The van der Waals surface area contributed by atoms with Gasteiger partial charge >= 0.3 is 0 Å². The van der Waals surface area contributed by atoms with Gasteiger partial charge in [0.1, 0.15) is 4.21 Å². The van der Waals surface area contributed by atoms with E-state index in [9.17, 15) is 13.2 Å². The number of sulfonamides is 1. The first-order chi connectivity index (χ1) is 13.0. The predicted molar refractivity (Wildman–Crippen MR) is 107 cm³/mol. The molecule has 4 rings (SSSR count). The van der Waals surface area contributed by atoms with Crippen LogP contribution in [0.5, 0.6) is 0 Å². The largest absolute Gasteiger partial charge is 0.358 e. The first-order valence-electron chi connectivity index (χ1n) is 8.83. The van der Waals surface area contributed by atoms with Gasteiger partial charge in [0.2, 0.25) is 0 Å². The minimum absolute atomic E-state index is 0.0690. The molecule has 0 spiro atoms. The third kappa shape index (κ3) is 3.45.